The van der Waals surface area contributed by atoms with Crippen molar-refractivity contribution in [1.29, 1.82) is 0 Å². The van der Waals surface area contributed by atoms with Crippen molar-refractivity contribution in [2.75, 3.05) is 31.2 Å². The highest BCUT2D eigenvalue weighted by molar-refractivity contribution is 6.32. The number of ether oxygens (including phenoxy) is 2. The lowest BCUT2D eigenvalue weighted by molar-refractivity contribution is -0.120. The van der Waals surface area contributed by atoms with Crippen LogP contribution in [0.5, 0.6) is 11.5 Å². The summed E-state index contributed by atoms with van der Waals surface area (Å²) in [7, 11) is 0. The molecule has 148 valence electrons. The van der Waals surface area contributed by atoms with Crippen LogP contribution in [0, 0.1) is 0 Å². The Kier molecular flexibility index (Phi) is 5.86. The van der Waals surface area contributed by atoms with Crippen molar-refractivity contribution in [3.05, 3.63) is 46.6 Å². The summed E-state index contributed by atoms with van der Waals surface area (Å²) in [5, 5.41) is 3.46. The van der Waals surface area contributed by atoms with Crippen molar-refractivity contribution in [3.8, 4) is 11.5 Å². The van der Waals surface area contributed by atoms with Crippen molar-refractivity contribution in [3.63, 3.8) is 0 Å². The number of nitrogens with zero attached hydrogens (tertiary/aromatic N) is 2. The summed E-state index contributed by atoms with van der Waals surface area (Å²) in [5.74, 6) is 2.09. The molecule has 1 amide bonds. The molecule has 7 heteroatoms. The lowest BCUT2D eigenvalue weighted by Crippen LogP contribution is -2.25. The van der Waals surface area contributed by atoms with Gasteiger partial charge in [-0.15, -0.1) is 0 Å². The second-order valence-corrected chi connectivity index (χ2v) is 7.53. The predicted molar refractivity (Wildman–Crippen MR) is 108 cm³/mol. The second-order valence-electron chi connectivity index (χ2n) is 7.13. The number of amides is 1. The van der Waals surface area contributed by atoms with Gasteiger partial charge in [-0.1, -0.05) is 11.6 Å². The normalized spacial score (nSPS) is 16.0. The van der Waals surface area contributed by atoms with E-state index in [0.717, 1.165) is 36.5 Å². The summed E-state index contributed by atoms with van der Waals surface area (Å²) >= 11 is 6.31. The fourth-order valence-corrected chi connectivity index (χ4v) is 3.81. The van der Waals surface area contributed by atoms with Crippen LogP contribution in [-0.4, -0.2) is 37.2 Å². The number of anilines is 1. The molecule has 0 atom stereocenters. The van der Waals surface area contributed by atoms with E-state index in [1.807, 2.05) is 12.1 Å². The molecule has 1 aromatic heterocycles. The van der Waals surface area contributed by atoms with Gasteiger partial charge in [0.2, 0.25) is 5.91 Å². The third-order valence-corrected chi connectivity index (χ3v) is 5.24. The number of rotatable bonds is 5. The summed E-state index contributed by atoms with van der Waals surface area (Å²) in [4.78, 5) is 19.2. The highest BCUT2D eigenvalue weighted by atomic mass is 35.5. The Morgan fingerprint density at radius 1 is 1.11 bits per heavy atom. The molecule has 28 heavy (non-hydrogen) atoms. The van der Waals surface area contributed by atoms with Gasteiger partial charge >= 0.3 is 0 Å². The quantitative estimate of drug-likeness (QED) is 0.832. The molecule has 0 saturated carbocycles. The number of nitrogens with one attached hydrogen (secondary N) is 1. The molecule has 2 aromatic rings. The molecule has 1 fully saturated rings. The smallest absolute Gasteiger partial charge is 0.224 e. The third-order valence-electron chi connectivity index (χ3n) is 4.96. The fraction of sp³-hybridized carbons (Fsp3) is 0.429. The van der Waals surface area contributed by atoms with Gasteiger partial charge in [-0.05, 0) is 48.2 Å². The van der Waals surface area contributed by atoms with E-state index in [2.05, 4.69) is 21.3 Å². The second kappa shape index (κ2) is 8.69. The Balaban J connectivity index is 1.36. The fourth-order valence-electron chi connectivity index (χ4n) is 3.52. The van der Waals surface area contributed by atoms with E-state index < -0.39 is 0 Å². The van der Waals surface area contributed by atoms with Crippen molar-refractivity contribution < 1.29 is 14.3 Å². The third kappa shape index (κ3) is 4.50. The molecule has 1 saturated heterocycles. The molecular weight excluding hydrogens is 378 g/mol. The van der Waals surface area contributed by atoms with Crippen molar-refractivity contribution >= 4 is 23.3 Å². The van der Waals surface area contributed by atoms with Crippen molar-refractivity contribution in [2.45, 2.75) is 32.2 Å². The molecule has 0 spiro atoms. The van der Waals surface area contributed by atoms with Crippen LogP contribution in [0.2, 0.25) is 5.02 Å². The first-order valence-electron chi connectivity index (χ1n) is 9.73. The first-order valence-corrected chi connectivity index (χ1v) is 10.1. The Hall–Kier alpha value is -2.47. The van der Waals surface area contributed by atoms with E-state index in [4.69, 9.17) is 21.1 Å². The van der Waals surface area contributed by atoms with Crippen LogP contribution in [-0.2, 0) is 17.8 Å². The minimum atomic E-state index is -0.0647. The number of fused-ring (bicyclic) bond motifs is 1. The highest BCUT2D eigenvalue weighted by Crippen LogP contribution is 2.38. The van der Waals surface area contributed by atoms with Gasteiger partial charge in [-0.25, -0.2) is 4.98 Å². The number of hydrogen-bond donors (Lipinski definition) is 1. The van der Waals surface area contributed by atoms with Gasteiger partial charge in [0.15, 0.2) is 11.5 Å². The summed E-state index contributed by atoms with van der Waals surface area (Å²) in [5.41, 5.74) is 1.85. The summed E-state index contributed by atoms with van der Waals surface area (Å²) in [6.07, 6.45) is 5.27. The van der Waals surface area contributed by atoms with Gasteiger partial charge in [-0.2, -0.15) is 0 Å². The van der Waals surface area contributed by atoms with Crippen LogP contribution >= 0.6 is 11.6 Å². The zero-order valence-electron chi connectivity index (χ0n) is 15.7. The van der Waals surface area contributed by atoms with Crippen LogP contribution in [0.15, 0.2) is 30.5 Å². The van der Waals surface area contributed by atoms with Gasteiger partial charge in [0.1, 0.15) is 5.82 Å². The van der Waals surface area contributed by atoms with Crippen LogP contribution in [0.3, 0.4) is 0 Å². The van der Waals surface area contributed by atoms with E-state index in [9.17, 15) is 4.79 Å². The molecule has 0 unspecified atom stereocenters. The van der Waals surface area contributed by atoms with Crippen LogP contribution in [0.25, 0.3) is 0 Å². The average molecular weight is 402 g/mol. The maximum absolute atomic E-state index is 12.4. The molecule has 0 bridgehead atoms. The molecule has 1 aromatic carbocycles. The zero-order valence-corrected chi connectivity index (χ0v) is 16.5. The number of aromatic nitrogens is 1. The van der Waals surface area contributed by atoms with E-state index >= 15 is 0 Å². The number of benzene rings is 1. The number of carbonyl (C=O) groups is 1. The maximum Gasteiger partial charge on any atom is 0.224 e. The van der Waals surface area contributed by atoms with Crippen molar-refractivity contribution in [1.82, 2.24) is 10.3 Å². The Labute approximate surface area is 169 Å². The predicted octanol–water partition coefficient (Wildman–Crippen LogP) is 3.36. The number of hydrogen-bond acceptors (Lipinski definition) is 5. The van der Waals surface area contributed by atoms with Gasteiger partial charge in [0.05, 0.1) is 24.7 Å². The Morgan fingerprint density at radius 2 is 1.93 bits per heavy atom. The molecule has 2 aliphatic heterocycles. The molecule has 2 aliphatic rings. The van der Waals surface area contributed by atoms with Gasteiger partial charge in [0, 0.05) is 32.3 Å². The first kappa shape index (κ1) is 18.9. The van der Waals surface area contributed by atoms with Gasteiger partial charge in [-0.3, -0.25) is 4.79 Å². The molecule has 0 aliphatic carbocycles. The number of carbonyl (C=O) groups excluding carboxylic acids is 1. The Morgan fingerprint density at radius 3 is 2.79 bits per heavy atom. The summed E-state index contributed by atoms with van der Waals surface area (Å²) < 4.78 is 11.3. The lowest BCUT2D eigenvalue weighted by Gasteiger charge is -2.17. The van der Waals surface area contributed by atoms with Crippen LogP contribution < -0.4 is 19.7 Å². The van der Waals surface area contributed by atoms with Crippen molar-refractivity contribution in [2.24, 2.45) is 0 Å². The maximum atomic E-state index is 12.4. The topological polar surface area (TPSA) is 63.7 Å². The Bertz CT molecular complexity index is 853. The summed E-state index contributed by atoms with van der Waals surface area (Å²) in [6, 6.07) is 7.59. The standard InChI is InChI=1S/C21H24ClN3O3/c22-17-10-16(11-18-21(17)28-9-3-8-27-18)13-20(26)24-14-15-4-5-23-19(12-15)25-6-1-2-7-25/h4-5,10-12H,1-3,6-9,13-14H2,(H,24,26). The summed E-state index contributed by atoms with van der Waals surface area (Å²) in [6.45, 7) is 3.74. The van der Waals surface area contributed by atoms with E-state index in [0.29, 0.717) is 36.3 Å². The molecule has 1 N–H and O–H groups in total. The first-order chi connectivity index (χ1) is 13.7. The van der Waals surface area contributed by atoms with Gasteiger partial charge in [0.25, 0.3) is 0 Å². The van der Waals surface area contributed by atoms with Crippen LogP contribution in [0.4, 0.5) is 5.82 Å². The largest absolute Gasteiger partial charge is 0.489 e. The van der Waals surface area contributed by atoms with E-state index in [-0.39, 0.29) is 12.3 Å². The highest BCUT2D eigenvalue weighted by Gasteiger charge is 2.17. The minimum absolute atomic E-state index is 0.0647. The molecule has 4 rings (SSSR count). The molecular formula is C21H24ClN3O3. The lowest BCUT2D eigenvalue weighted by atomic mass is 10.1. The number of pyridine rings is 1. The molecule has 0 radical (unpaired) electrons. The average Bonchev–Trinajstić information content (AvgIpc) is 3.13. The minimum Gasteiger partial charge on any atom is -0.489 e. The SMILES string of the molecule is O=C(Cc1cc(Cl)c2c(c1)OCCCO2)NCc1ccnc(N2CCCC2)c1. The molecule has 3 heterocycles. The van der Waals surface area contributed by atoms with E-state index in [1.165, 1.54) is 12.8 Å². The monoisotopic (exact) mass is 401 g/mol. The number of halogens is 1. The van der Waals surface area contributed by atoms with Crippen LogP contribution in [0.1, 0.15) is 30.4 Å². The zero-order chi connectivity index (χ0) is 19.3. The van der Waals surface area contributed by atoms with Gasteiger partial charge < -0.3 is 19.7 Å². The molecule has 6 nitrogen and oxygen atoms in total. The van der Waals surface area contributed by atoms with E-state index in [1.54, 1.807) is 12.3 Å².